The van der Waals surface area contributed by atoms with Gasteiger partial charge in [0.1, 0.15) is 0 Å². The number of likely N-dealkylation sites (tertiary alicyclic amines) is 1. The van der Waals surface area contributed by atoms with Crippen molar-refractivity contribution in [2.45, 2.75) is 45.8 Å². The van der Waals surface area contributed by atoms with Gasteiger partial charge in [0.25, 0.3) is 0 Å². The first-order chi connectivity index (χ1) is 9.86. The molecule has 1 aromatic rings. The summed E-state index contributed by atoms with van der Waals surface area (Å²) in [4.78, 5) is 2.37. The van der Waals surface area contributed by atoms with E-state index in [0.717, 1.165) is 25.4 Å². The first-order valence-corrected chi connectivity index (χ1v) is 8.06. The number of rotatable bonds is 5. The van der Waals surface area contributed by atoms with E-state index in [1.807, 2.05) is 18.2 Å². The van der Waals surface area contributed by atoms with Crippen LogP contribution in [0.25, 0.3) is 0 Å². The highest BCUT2D eigenvalue weighted by Gasteiger charge is 2.32. The van der Waals surface area contributed by atoms with Gasteiger partial charge in [-0.3, -0.25) is 0 Å². The largest absolute Gasteiger partial charge is 0.390 e. The molecule has 3 atom stereocenters. The van der Waals surface area contributed by atoms with Crippen LogP contribution in [-0.2, 0) is 6.42 Å². The molecule has 1 heterocycles. The maximum Gasteiger partial charge on any atom is 0.0820 e. The van der Waals surface area contributed by atoms with Crippen LogP contribution in [0.4, 0.5) is 0 Å². The van der Waals surface area contributed by atoms with Gasteiger partial charge in [-0.05, 0) is 36.3 Å². The summed E-state index contributed by atoms with van der Waals surface area (Å²) in [7, 11) is 0. The fourth-order valence-electron chi connectivity index (χ4n) is 3.13. The lowest BCUT2D eigenvalue weighted by Gasteiger charge is -2.28. The van der Waals surface area contributed by atoms with E-state index in [1.165, 1.54) is 12.0 Å². The van der Waals surface area contributed by atoms with Crippen LogP contribution in [0, 0.1) is 11.3 Å². The zero-order chi connectivity index (χ0) is 15.5. The number of nitrogens with two attached hydrogens (primary N) is 1. The summed E-state index contributed by atoms with van der Waals surface area (Å²) in [6, 6.07) is 9.98. The molecule has 118 valence electrons. The van der Waals surface area contributed by atoms with Crippen molar-refractivity contribution < 1.29 is 5.11 Å². The minimum atomic E-state index is -0.455. The summed E-state index contributed by atoms with van der Waals surface area (Å²) < 4.78 is 0. The molecule has 0 saturated carbocycles. The van der Waals surface area contributed by atoms with Crippen LogP contribution in [-0.4, -0.2) is 41.8 Å². The second-order valence-electron chi connectivity index (χ2n) is 7.53. The molecule has 0 spiro atoms. The van der Waals surface area contributed by atoms with E-state index >= 15 is 0 Å². The third-order valence-corrected chi connectivity index (χ3v) is 4.75. The van der Waals surface area contributed by atoms with E-state index in [0.29, 0.717) is 12.0 Å². The van der Waals surface area contributed by atoms with Gasteiger partial charge in [0, 0.05) is 19.1 Å². The second-order valence-corrected chi connectivity index (χ2v) is 7.53. The van der Waals surface area contributed by atoms with Gasteiger partial charge in [-0.2, -0.15) is 0 Å². The van der Waals surface area contributed by atoms with Crippen LogP contribution in [0.5, 0.6) is 0 Å². The third-order valence-electron chi connectivity index (χ3n) is 4.75. The Morgan fingerprint density at radius 1 is 1.29 bits per heavy atom. The first-order valence-electron chi connectivity index (χ1n) is 8.06. The molecular weight excluding hydrogens is 260 g/mol. The number of aliphatic hydroxyl groups excluding tert-OH is 1. The van der Waals surface area contributed by atoms with Crippen molar-refractivity contribution in [1.29, 1.82) is 0 Å². The summed E-state index contributed by atoms with van der Waals surface area (Å²) in [5.74, 6) is 0.718. The van der Waals surface area contributed by atoms with Crippen molar-refractivity contribution in [2.24, 2.45) is 17.1 Å². The Labute approximate surface area is 129 Å². The molecule has 3 heteroatoms. The van der Waals surface area contributed by atoms with Crippen molar-refractivity contribution >= 4 is 0 Å². The minimum absolute atomic E-state index is 0.193. The standard InChI is InChI=1S/C18H30N2O/c1-18(2,3)15-9-10-20(12-15)13-17(21)16(19)11-14-7-5-4-6-8-14/h4-8,15-17,21H,9-13,19H2,1-3H3. The summed E-state index contributed by atoms with van der Waals surface area (Å²) >= 11 is 0. The average molecular weight is 290 g/mol. The van der Waals surface area contributed by atoms with Gasteiger partial charge in [0.05, 0.1) is 6.10 Å². The summed E-state index contributed by atoms with van der Waals surface area (Å²) in [5.41, 5.74) is 7.72. The normalized spacial score (nSPS) is 23.2. The molecule has 0 aromatic heterocycles. The smallest absolute Gasteiger partial charge is 0.0820 e. The lowest BCUT2D eigenvalue weighted by molar-refractivity contribution is 0.0959. The van der Waals surface area contributed by atoms with Crippen molar-refractivity contribution in [3.8, 4) is 0 Å². The molecule has 3 nitrogen and oxygen atoms in total. The molecule has 1 fully saturated rings. The van der Waals surface area contributed by atoms with Crippen molar-refractivity contribution in [3.63, 3.8) is 0 Å². The summed E-state index contributed by atoms with van der Waals surface area (Å²) in [6.45, 7) is 9.77. The Kier molecular flexibility index (Phi) is 5.42. The van der Waals surface area contributed by atoms with Crippen LogP contribution in [0.2, 0.25) is 0 Å². The highest BCUT2D eigenvalue weighted by atomic mass is 16.3. The van der Waals surface area contributed by atoms with Crippen molar-refractivity contribution in [1.82, 2.24) is 4.90 Å². The third kappa shape index (κ3) is 4.80. The molecule has 1 aliphatic heterocycles. The van der Waals surface area contributed by atoms with E-state index < -0.39 is 6.10 Å². The molecule has 1 aromatic carbocycles. The molecule has 0 aliphatic carbocycles. The number of aliphatic hydroxyl groups is 1. The molecule has 1 saturated heterocycles. The minimum Gasteiger partial charge on any atom is -0.390 e. The maximum atomic E-state index is 10.4. The zero-order valence-electron chi connectivity index (χ0n) is 13.6. The fraction of sp³-hybridized carbons (Fsp3) is 0.667. The van der Waals surface area contributed by atoms with Gasteiger partial charge in [-0.1, -0.05) is 51.1 Å². The molecule has 2 rings (SSSR count). The van der Waals surface area contributed by atoms with E-state index in [-0.39, 0.29) is 6.04 Å². The molecule has 0 bridgehead atoms. The van der Waals surface area contributed by atoms with Gasteiger partial charge in [-0.15, -0.1) is 0 Å². The Hall–Kier alpha value is -0.900. The molecule has 3 unspecified atom stereocenters. The van der Waals surface area contributed by atoms with Gasteiger partial charge >= 0.3 is 0 Å². The lowest BCUT2D eigenvalue weighted by Crippen LogP contribution is -2.44. The van der Waals surface area contributed by atoms with Crippen molar-refractivity contribution in [2.75, 3.05) is 19.6 Å². The Morgan fingerprint density at radius 2 is 1.95 bits per heavy atom. The summed E-state index contributed by atoms with van der Waals surface area (Å²) in [6.07, 6.45) is 1.51. The number of benzene rings is 1. The molecule has 1 aliphatic rings. The molecule has 0 radical (unpaired) electrons. The molecule has 3 N–H and O–H groups in total. The molecule has 0 amide bonds. The average Bonchev–Trinajstić information content (AvgIpc) is 2.88. The fourth-order valence-corrected chi connectivity index (χ4v) is 3.13. The Morgan fingerprint density at radius 3 is 2.52 bits per heavy atom. The van der Waals surface area contributed by atoms with Crippen LogP contribution in [0.1, 0.15) is 32.8 Å². The topological polar surface area (TPSA) is 49.5 Å². The Balaban J connectivity index is 1.80. The van der Waals surface area contributed by atoms with E-state index in [4.69, 9.17) is 5.73 Å². The monoisotopic (exact) mass is 290 g/mol. The van der Waals surface area contributed by atoms with Crippen LogP contribution in [0.3, 0.4) is 0 Å². The van der Waals surface area contributed by atoms with E-state index in [9.17, 15) is 5.11 Å². The van der Waals surface area contributed by atoms with Crippen LogP contribution in [0.15, 0.2) is 30.3 Å². The van der Waals surface area contributed by atoms with Crippen LogP contribution >= 0.6 is 0 Å². The predicted octanol–water partition coefficient (Wildman–Crippen LogP) is 2.29. The van der Waals surface area contributed by atoms with Crippen LogP contribution < -0.4 is 5.73 Å². The maximum absolute atomic E-state index is 10.4. The van der Waals surface area contributed by atoms with Gasteiger partial charge < -0.3 is 15.7 Å². The molecule has 21 heavy (non-hydrogen) atoms. The highest BCUT2D eigenvalue weighted by Crippen LogP contribution is 2.33. The lowest BCUT2D eigenvalue weighted by atomic mass is 9.80. The second kappa shape index (κ2) is 6.91. The van der Waals surface area contributed by atoms with Gasteiger partial charge in [-0.25, -0.2) is 0 Å². The molecular formula is C18H30N2O. The SMILES string of the molecule is CC(C)(C)C1CCN(CC(O)C(N)Cc2ccccc2)C1. The highest BCUT2D eigenvalue weighted by molar-refractivity contribution is 5.16. The number of hydrogen-bond acceptors (Lipinski definition) is 3. The summed E-state index contributed by atoms with van der Waals surface area (Å²) in [5, 5.41) is 10.4. The first kappa shape index (κ1) is 16.5. The van der Waals surface area contributed by atoms with Gasteiger partial charge in [0.15, 0.2) is 0 Å². The van der Waals surface area contributed by atoms with Crippen molar-refractivity contribution in [3.05, 3.63) is 35.9 Å². The van der Waals surface area contributed by atoms with Gasteiger partial charge in [0.2, 0.25) is 0 Å². The van der Waals surface area contributed by atoms with E-state index in [2.05, 4.69) is 37.8 Å². The predicted molar refractivity (Wildman–Crippen MR) is 88.1 cm³/mol. The Bertz CT molecular complexity index is 427. The quantitative estimate of drug-likeness (QED) is 0.875. The number of nitrogens with zero attached hydrogens (tertiary/aromatic N) is 1. The number of hydrogen-bond donors (Lipinski definition) is 2. The zero-order valence-corrected chi connectivity index (χ0v) is 13.6. The van der Waals surface area contributed by atoms with E-state index in [1.54, 1.807) is 0 Å². The number of β-amino-alcohol motifs (C(OH)–C–C–N with tert-alkyl or cyclic N) is 1.